The summed E-state index contributed by atoms with van der Waals surface area (Å²) in [5.74, 6) is 0.310. The van der Waals surface area contributed by atoms with Gasteiger partial charge in [0.05, 0.1) is 11.5 Å². The average Bonchev–Trinajstić information content (AvgIpc) is 2.45. The van der Waals surface area contributed by atoms with Gasteiger partial charge < -0.3 is 4.74 Å². The van der Waals surface area contributed by atoms with Gasteiger partial charge in [-0.15, -0.1) is 0 Å². The number of benzene rings is 1. The van der Waals surface area contributed by atoms with Crippen LogP contribution in [-0.2, 0) is 21.4 Å². The fourth-order valence-corrected chi connectivity index (χ4v) is 2.88. The number of aromatic nitrogens is 1. The van der Waals surface area contributed by atoms with E-state index in [9.17, 15) is 8.42 Å². The van der Waals surface area contributed by atoms with Gasteiger partial charge in [0.2, 0.25) is 0 Å². The van der Waals surface area contributed by atoms with E-state index in [1.165, 1.54) is 0 Å². The maximum atomic E-state index is 12.3. The third-order valence-corrected chi connectivity index (χ3v) is 4.19. The predicted molar refractivity (Wildman–Crippen MR) is 81.6 cm³/mol. The van der Waals surface area contributed by atoms with Crippen molar-refractivity contribution in [3.8, 4) is 0 Å². The monoisotopic (exact) mass is 306 g/mol. The molecule has 1 heterocycles. The van der Waals surface area contributed by atoms with Gasteiger partial charge in [0.1, 0.15) is 5.82 Å². The first-order chi connectivity index (χ1) is 10.0. The van der Waals surface area contributed by atoms with Crippen LogP contribution in [0.5, 0.6) is 0 Å². The molecule has 0 radical (unpaired) electrons. The van der Waals surface area contributed by atoms with Crippen molar-refractivity contribution in [1.29, 1.82) is 0 Å². The standard InChI is InChI=1S/C15H18N2O3S/c1-3-20-11-13-5-4-6-14(10-13)21(18,19)17-15-9-12(2)7-8-16-15/h4-10H,3,11H2,1-2H3,(H,16,17). The molecular weight excluding hydrogens is 288 g/mol. The van der Waals surface area contributed by atoms with Gasteiger partial charge in [-0.05, 0) is 49.2 Å². The van der Waals surface area contributed by atoms with Crippen LogP contribution in [0.1, 0.15) is 18.1 Å². The first kappa shape index (κ1) is 15.5. The van der Waals surface area contributed by atoms with Crippen LogP contribution in [0.25, 0.3) is 0 Å². The first-order valence-corrected chi connectivity index (χ1v) is 8.12. The Balaban J connectivity index is 2.23. The van der Waals surface area contributed by atoms with E-state index in [-0.39, 0.29) is 4.90 Å². The molecule has 0 unspecified atom stereocenters. The number of hydrogen-bond donors (Lipinski definition) is 1. The van der Waals surface area contributed by atoms with E-state index in [1.807, 2.05) is 19.9 Å². The maximum absolute atomic E-state index is 12.3. The molecule has 0 aliphatic rings. The van der Waals surface area contributed by atoms with Crippen molar-refractivity contribution in [2.45, 2.75) is 25.3 Å². The zero-order chi connectivity index (χ0) is 15.3. The molecule has 1 aromatic carbocycles. The quantitative estimate of drug-likeness (QED) is 0.891. The van der Waals surface area contributed by atoms with Crippen molar-refractivity contribution in [2.24, 2.45) is 0 Å². The molecule has 0 aliphatic carbocycles. The van der Waals surface area contributed by atoms with Crippen LogP contribution in [0, 0.1) is 6.92 Å². The van der Waals surface area contributed by atoms with Crippen molar-refractivity contribution < 1.29 is 13.2 Å². The second-order valence-corrected chi connectivity index (χ2v) is 6.29. The molecule has 0 fully saturated rings. The molecule has 0 amide bonds. The summed E-state index contributed by atoms with van der Waals surface area (Å²) < 4.78 is 32.5. The highest BCUT2D eigenvalue weighted by molar-refractivity contribution is 7.92. The number of sulfonamides is 1. The molecule has 0 atom stereocenters. The fraction of sp³-hybridized carbons (Fsp3) is 0.267. The summed E-state index contributed by atoms with van der Waals surface area (Å²) in [7, 11) is -3.65. The summed E-state index contributed by atoms with van der Waals surface area (Å²) in [4.78, 5) is 4.20. The van der Waals surface area contributed by atoms with Crippen molar-refractivity contribution in [2.75, 3.05) is 11.3 Å². The van der Waals surface area contributed by atoms with E-state index in [1.54, 1.807) is 36.5 Å². The molecular formula is C15H18N2O3S. The van der Waals surface area contributed by atoms with E-state index in [2.05, 4.69) is 9.71 Å². The van der Waals surface area contributed by atoms with Gasteiger partial charge in [-0.2, -0.15) is 0 Å². The van der Waals surface area contributed by atoms with Gasteiger partial charge in [-0.1, -0.05) is 12.1 Å². The van der Waals surface area contributed by atoms with E-state index in [0.29, 0.717) is 19.0 Å². The molecule has 1 aromatic heterocycles. The van der Waals surface area contributed by atoms with Gasteiger partial charge in [0.15, 0.2) is 0 Å². The topological polar surface area (TPSA) is 68.3 Å². The largest absolute Gasteiger partial charge is 0.377 e. The minimum atomic E-state index is -3.65. The molecule has 0 bridgehead atoms. The number of nitrogens with one attached hydrogen (secondary N) is 1. The van der Waals surface area contributed by atoms with E-state index < -0.39 is 10.0 Å². The van der Waals surface area contributed by atoms with Gasteiger partial charge >= 0.3 is 0 Å². The van der Waals surface area contributed by atoms with Gasteiger partial charge in [0, 0.05) is 12.8 Å². The summed E-state index contributed by atoms with van der Waals surface area (Å²) in [5.41, 5.74) is 1.75. The number of nitrogens with zero attached hydrogens (tertiary/aromatic N) is 1. The fourth-order valence-electron chi connectivity index (χ4n) is 1.81. The first-order valence-electron chi connectivity index (χ1n) is 6.63. The Kier molecular flexibility index (Phi) is 4.93. The third kappa shape index (κ3) is 4.27. The Morgan fingerprint density at radius 2 is 2.05 bits per heavy atom. The smallest absolute Gasteiger partial charge is 0.263 e. The molecule has 0 spiro atoms. The van der Waals surface area contributed by atoms with Crippen LogP contribution in [0.15, 0.2) is 47.5 Å². The maximum Gasteiger partial charge on any atom is 0.263 e. The predicted octanol–water partition coefficient (Wildman–Crippen LogP) is 2.73. The zero-order valence-electron chi connectivity index (χ0n) is 12.0. The number of hydrogen-bond acceptors (Lipinski definition) is 4. The molecule has 0 saturated heterocycles. The number of ether oxygens (including phenoxy) is 1. The van der Waals surface area contributed by atoms with Gasteiger partial charge in [-0.3, -0.25) is 4.72 Å². The lowest BCUT2D eigenvalue weighted by molar-refractivity contribution is 0.134. The number of rotatable bonds is 6. The summed E-state index contributed by atoms with van der Waals surface area (Å²) in [6.07, 6.45) is 1.57. The highest BCUT2D eigenvalue weighted by Gasteiger charge is 2.15. The SMILES string of the molecule is CCOCc1cccc(S(=O)(=O)Nc2cc(C)ccn2)c1. The molecule has 0 saturated carbocycles. The van der Waals surface area contributed by atoms with Crippen LogP contribution >= 0.6 is 0 Å². The Morgan fingerprint density at radius 1 is 1.24 bits per heavy atom. The van der Waals surface area contributed by atoms with Crippen molar-refractivity contribution in [3.63, 3.8) is 0 Å². The second kappa shape index (κ2) is 6.69. The summed E-state index contributed by atoms with van der Waals surface area (Å²) in [6.45, 7) is 4.75. The number of anilines is 1. The molecule has 2 aromatic rings. The zero-order valence-corrected chi connectivity index (χ0v) is 12.9. The van der Waals surface area contributed by atoms with E-state index in [0.717, 1.165) is 11.1 Å². The van der Waals surface area contributed by atoms with E-state index >= 15 is 0 Å². The summed E-state index contributed by atoms with van der Waals surface area (Å²) in [5, 5.41) is 0. The lowest BCUT2D eigenvalue weighted by Crippen LogP contribution is -2.14. The van der Waals surface area contributed by atoms with Crippen molar-refractivity contribution in [3.05, 3.63) is 53.7 Å². The van der Waals surface area contributed by atoms with E-state index in [4.69, 9.17) is 4.74 Å². The molecule has 2 rings (SSSR count). The number of pyridine rings is 1. The molecule has 0 aliphatic heterocycles. The minimum absolute atomic E-state index is 0.197. The third-order valence-electron chi connectivity index (χ3n) is 2.84. The highest BCUT2D eigenvalue weighted by atomic mass is 32.2. The highest BCUT2D eigenvalue weighted by Crippen LogP contribution is 2.16. The van der Waals surface area contributed by atoms with Crippen LogP contribution < -0.4 is 4.72 Å². The van der Waals surface area contributed by atoms with Crippen molar-refractivity contribution in [1.82, 2.24) is 4.98 Å². The molecule has 1 N–H and O–H groups in total. The van der Waals surface area contributed by atoms with Gasteiger partial charge in [-0.25, -0.2) is 13.4 Å². The minimum Gasteiger partial charge on any atom is -0.377 e. The Labute approximate surface area is 125 Å². The summed E-state index contributed by atoms with van der Waals surface area (Å²) >= 11 is 0. The Bertz CT molecular complexity index is 714. The second-order valence-electron chi connectivity index (χ2n) is 4.61. The van der Waals surface area contributed by atoms with Crippen LogP contribution in [0.3, 0.4) is 0 Å². The van der Waals surface area contributed by atoms with Crippen LogP contribution in [0.4, 0.5) is 5.82 Å². The molecule has 6 heteroatoms. The molecule has 21 heavy (non-hydrogen) atoms. The number of aryl methyl sites for hydroxylation is 1. The van der Waals surface area contributed by atoms with Gasteiger partial charge in [0.25, 0.3) is 10.0 Å². The molecule has 112 valence electrons. The lowest BCUT2D eigenvalue weighted by Gasteiger charge is -2.09. The normalized spacial score (nSPS) is 11.3. The lowest BCUT2D eigenvalue weighted by atomic mass is 10.2. The van der Waals surface area contributed by atoms with Crippen LogP contribution in [0.2, 0.25) is 0 Å². The Morgan fingerprint density at radius 3 is 2.76 bits per heavy atom. The molecule has 5 nitrogen and oxygen atoms in total. The Hall–Kier alpha value is -1.92. The average molecular weight is 306 g/mol. The van der Waals surface area contributed by atoms with Crippen LogP contribution in [-0.4, -0.2) is 20.0 Å². The summed E-state index contributed by atoms with van der Waals surface area (Å²) in [6, 6.07) is 10.2. The van der Waals surface area contributed by atoms with Crippen molar-refractivity contribution >= 4 is 15.8 Å².